The monoisotopic (exact) mass is 344 g/mol. The second-order valence-electron chi connectivity index (χ2n) is 4.30. The van der Waals surface area contributed by atoms with Crippen LogP contribution in [0.2, 0.25) is 0 Å². The van der Waals surface area contributed by atoms with E-state index in [0.29, 0.717) is 0 Å². The van der Waals surface area contributed by atoms with Crippen molar-refractivity contribution in [3.8, 4) is 0 Å². The van der Waals surface area contributed by atoms with E-state index in [2.05, 4.69) is 15.9 Å². The predicted octanol–water partition coefficient (Wildman–Crippen LogP) is 3.78. The Kier molecular flexibility index (Phi) is 5.64. The summed E-state index contributed by atoms with van der Waals surface area (Å²) in [4.78, 5) is 2.24. The molecule has 0 aliphatic rings. The number of halogens is 4. The van der Waals surface area contributed by atoms with Crippen LogP contribution in [-0.2, 0) is 0 Å². The second kappa shape index (κ2) is 6.36. The van der Waals surface area contributed by atoms with Gasteiger partial charge in [-0.1, -0.05) is 0 Å². The number of thiophene rings is 1. The Morgan fingerprint density at radius 2 is 2.06 bits per heavy atom. The molecule has 1 atom stereocenters. The highest BCUT2D eigenvalue weighted by molar-refractivity contribution is 9.10. The van der Waals surface area contributed by atoms with E-state index in [4.69, 9.17) is 5.73 Å². The lowest BCUT2D eigenvalue weighted by atomic mass is 10.1. The van der Waals surface area contributed by atoms with Crippen LogP contribution in [0.5, 0.6) is 0 Å². The van der Waals surface area contributed by atoms with E-state index in [1.165, 1.54) is 16.2 Å². The Labute approximate surface area is 117 Å². The molecule has 2 nitrogen and oxygen atoms in total. The van der Waals surface area contributed by atoms with Crippen LogP contribution >= 0.6 is 27.3 Å². The first kappa shape index (κ1) is 15.9. The number of hydrogen-bond donors (Lipinski definition) is 1. The van der Waals surface area contributed by atoms with E-state index < -0.39 is 18.8 Å². The van der Waals surface area contributed by atoms with Crippen LogP contribution in [0.15, 0.2) is 15.9 Å². The van der Waals surface area contributed by atoms with Gasteiger partial charge in [0.25, 0.3) is 0 Å². The van der Waals surface area contributed by atoms with E-state index >= 15 is 0 Å². The van der Waals surface area contributed by atoms with Crippen LogP contribution in [0.25, 0.3) is 0 Å². The minimum Gasteiger partial charge on any atom is -0.329 e. The summed E-state index contributed by atoms with van der Waals surface area (Å²) in [5.74, 6) is 0. The SMILES string of the molecule is CC(C)N(CC(F)(F)F)C(CN)c1cc(Br)cs1. The zero-order valence-electron chi connectivity index (χ0n) is 10.2. The lowest BCUT2D eigenvalue weighted by molar-refractivity contribution is -0.155. The smallest absolute Gasteiger partial charge is 0.329 e. The van der Waals surface area contributed by atoms with Gasteiger partial charge < -0.3 is 5.73 Å². The molecule has 0 amide bonds. The van der Waals surface area contributed by atoms with E-state index in [9.17, 15) is 13.2 Å². The maximum absolute atomic E-state index is 12.6. The van der Waals surface area contributed by atoms with Gasteiger partial charge in [0.2, 0.25) is 0 Å². The van der Waals surface area contributed by atoms with Crippen molar-refractivity contribution in [3.63, 3.8) is 0 Å². The normalized spacial score (nSPS) is 14.5. The van der Waals surface area contributed by atoms with Crippen molar-refractivity contribution in [1.82, 2.24) is 4.90 Å². The molecule has 0 aliphatic heterocycles. The average Bonchev–Trinajstić information content (AvgIpc) is 2.62. The molecular formula is C11H16BrF3N2S. The first-order chi connectivity index (χ1) is 8.24. The van der Waals surface area contributed by atoms with Crippen molar-refractivity contribution in [1.29, 1.82) is 0 Å². The highest BCUT2D eigenvalue weighted by Gasteiger charge is 2.35. The van der Waals surface area contributed by atoms with Crippen LogP contribution < -0.4 is 5.73 Å². The minimum atomic E-state index is -4.22. The third-order valence-corrected chi connectivity index (χ3v) is 4.36. The summed E-state index contributed by atoms with van der Waals surface area (Å²) in [6, 6.07) is 1.21. The van der Waals surface area contributed by atoms with Gasteiger partial charge in [-0.15, -0.1) is 11.3 Å². The van der Waals surface area contributed by atoms with Gasteiger partial charge in [0.1, 0.15) is 0 Å². The summed E-state index contributed by atoms with van der Waals surface area (Å²) in [6.45, 7) is 2.72. The molecule has 1 aromatic rings. The van der Waals surface area contributed by atoms with Gasteiger partial charge in [-0.25, -0.2) is 0 Å². The molecular weight excluding hydrogens is 329 g/mol. The van der Waals surface area contributed by atoms with Crippen LogP contribution in [0, 0.1) is 0 Å². The van der Waals surface area contributed by atoms with Gasteiger partial charge in [-0.2, -0.15) is 13.2 Å². The van der Waals surface area contributed by atoms with Crippen molar-refractivity contribution >= 4 is 27.3 Å². The molecule has 104 valence electrons. The summed E-state index contributed by atoms with van der Waals surface area (Å²) < 4.78 is 38.7. The molecule has 1 heterocycles. The van der Waals surface area contributed by atoms with Gasteiger partial charge in [0, 0.05) is 27.3 Å². The number of nitrogens with two attached hydrogens (primary N) is 1. The fourth-order valence-electron chi connectivity index (χ4n) is 1.78. The Morgan fingerprint density at radius 3 is 2.39 bits per heavy atom. The molecule has 18 heavy (non-hydrogen) atoms. The molecule has 0 saturated carbocycles. The topological polar surface area (TPSA) is 29.3 Å². The molecule has 0 bridgehead atoms. The molecule has 1 aromatic heterocycles. The molecule has 0 fully saturated rings. The lowest BCUT2D eigenvalue weighted by Crippen LogP contribution is -2.43. The second-order valence-corrected chi connectivity index (χ2v) is 6.16. The standard InChI is InChI=1S/C11H16BrF3N2S/c1-7(2)17(6-11(13,14)15)9(4-16)10-3-8(12)5-18-10/h3,5,7,9H,4,6,16H2,1-2H3. The van der Waals surface area contributed by atoms with Crippen LogP contribution in [-0.4, -0.2) is 30.2 Å². The zero-order chi connectivity index (χ0) is 13.9. The Hall–Kier alpha value is -0.110. The third-order valence-electron chi connectivity index (χ3n) is 2.56. The molecule has 0 aromatic carbocycles. The Morgan fingerprint density at radius 1 is 1.44 bits per heavy atom. The van der Waals surface area contributed by atoms with Crippen LogP contribution in [0.1, 0.15) is 24.8 Å². The Bertz CT molecular complexity index is 379. The maximum Gasteiger partial charge on any atom is 0.401 e. The largest absolute Gasteiger partial charge is 0.401 e. The van der Waals surface area contributed by atoms with Crippen molar-refractivity contribution in [2.24, 2.45) is 5.73 Å². The summed E-state index contributed by atoms with van der Waals surface area (Å²) in [7, 11) is 0. The summed E-state index contributed by atoms with van der Waals surface area (Å²) in [6.07, 6.45) is -4.22. The Balaban J connectivity index is 2.94. The molecule has 0 spiro atoms. The average molecular weight is 345 g/mol. The highest BCUT2D eigenvalue weighted by Crippen LogP contribution is 2.32. The molecule has 1 rings (SSSR count). The van der Waals surface area contributed by atoms with Gasteiger partial charge in [-0.3, -0.25) is 4.90 Å². The first-order valence-corrected chi connectivity index (χ1v) is 7.18. The van der Waals surface area contributed by atoms with E-state index in [1.807, 2.05) is 11.4 Å². The highest BCUT2D eigenvalue weighted by atomic mass is 79.9. The van der Waals surface area contributed by atoms with E-state index in [0.717, 1.165) is 9.35 Å². The molecule has 2 N–H and O–H groups in total. The summed E-state index contributed by atoms with van der Waals surface area (Å²) in [5.41, 5.74) is 5.65. The quantitative estimate of drug-likeness (QED) is 0.880. The van der Waals surface area contributed by atoms with Crippen LogP contribution in [0.4, 0.5) is 13.2 Å². The molecule has 0 aliphatic carbocycles. The van der Waals surface area contributed by atoms with Gasteiger partial charge >= 0.3 is 6.18 Å². The van der Waals surface area contributed by atoms with Gasteiger partial charge in [0.15, 0.2) is 0 Å². The van der Waals surface area contributed by atoms with E-state index in [-0.39, 0.29) is 12.6 Å². The first-order valence-electron chi connectivity index (χ1n) is 5.51. The maximum atomic E-state index is 12.6. The van der Waals surface area contributed by atoms with Crippen molar-refractivity contribution in [3.05, 3.63) is 20.8 Å². The van der Waals surface area contributed by atoms with Gasteiger partial charge in [0.05, 0.1) is 12.6 Å². The van der Waals surface area contributed by atoms with E-state index in [1.54, 1.807) is 13.8 Å². The zero-order valence-corrected chi connectivity index (χ0v) is 12.6. The fourth-order valence-corrected chi connectivity index (χ4v) is 3.36. The van der Waals surface area contributed by atoms with Crippen molar-refractivity contribution in [2.45, 2.75) is 32.1 Å². The number of nitrogens with zero attached hydrogens (tertiary/aromatic N) is 1. The number of rotatable bonds is 5. The van der Waals surface area contributed by atoms with Crippen molar-refractivity contribution < 1.29 is 13.2 Å². The fraction of sp³-hybridized carbons (Fsp3) is 0.636. The third kappa shape index (κ3) is 4.53. The number of hydrogen-bond acceptors (Lipinski definition) is 3. The summed E-state index contributed by atoms with van der Waals surface area (Å²) >= 11 is 4.72. The summed E-state index contributed by atoms with van der Waals surface area (Å²) in [5, 5.41) is 1.85. The minimum absolute atomic E-state index is 0.168. The molecule has 1 unspecified atom stereocenters. The molecule has 0 saturated heterocycles. The predicted molar refractivity (Wildman–Crippen MR) is 71.7 cm³/mol. The lowest BCUT2D eigenvalue weighted by Gasteiger charge is -2.34. The van der Waals surface area contributed by atoms with Crippen molar-refractivity contribution in [2.75, 3.05) is 13.1 Å². The van der Waals surface area contributed by atoms with Gasteiger partial charge in [-0.05, 0) is 35.8 Å². The molecule has 0 radical (unpaired) electrons. The molecule has 7 heteroatoms. The number of alkyl halides is 3. The van der Waals surface area contributed by atoms with Crippen LogP contribution in [0.3, 0.4) is 0 Å².